The maximum Gasteiger partial charge on any atom is 0.140 e. The fraction of sp³-hybridized carbons (Fsp3) is 0.154. The van der Waals surface area contributed by atoms with Gasteiger partial charge in [-0.3, -0.25) is 0 Å². The normalized spacial score (nSPS) is 11.2. The smallest absolute Gasteiger partial charge is 0.140 e. The molecular formula is C13H11BrN2S. The third kappa shape index (κ3) is 1.72. The summed E-state index contributed by atoms with van der Waals surface area (Å²) in [6.45, 7) is 4.20. The van der Waals surface area contributed by atoms with Gasteiger partial charge in [-0.2, -0.15) is 0 Å². The molecule has 0 saturated carbocycles. The van der Waals surface area contributed by atoms with Crippen LogP contribution in [-0.2, 0) is 0 Å². The number of hydrogen-bond donors (Lipinski definition) is 0. The van der Waals surface area contributed by atoms with E-state index in [-0.39, 0.29) is 0 Å². The van der Waals surface area contributed by atoms with Crippen LogP contribution in [0.25, 0.3) is 16.2 Å². The minimum atomic E-state index is 1.04. The number of pyridine rings is 1. The number of aryl methyl sites for hydroxylation is 2. The molecular weight excluding hydrogens is 296 g/mol. The van der Waals surface area contributed by atoms with Crippen molar-refractivity contribution < 1.29 is 0 Å². The molecule has 0 amide bonds. The molecule has 3 rings (SSSR count). The number of halogens is 1. The third-order valence-corrected chi connectivity index (χ3v) is 4.17. The summed E-state index contributed by atoms with van der Waals surface area (Å²) in [5.74, 6) is 0. The van der Waals surface area contributed by atoms with Crippen molar-refractivity contribution in [2.45, 2.75) is 13.8 Å². The van der Waals surface area contributed by atoms with Crippen LogP contribution < -0.4 is 0 Å². The van der Waals surface area contributed by atoms with Crippen molar-refractivity contribution in [3.8, 4) is 10.6 Å². The Morgan fingerprint density at radius 2 is 2.18 bits per heavy atom. The predicted octanol–water partition coefficient (Wildman–Crippen LogP) is 4.44. The zero-order chi connectivity index (χ0) is 12.0. The van der Waals surface area contributed by atoms with Gasteiger partial charge < -0.3 is 4.40 Å². The summed E-state index contributed by atoms with van der Waals surface area (Å²) in [7, 11) is 0. The maximum atomic E-state index is 4.75. The number of imidazole rings is 1. The van der Waals surface area contributed by atoms with Crippen molar-refractivity contribution in [2.75, 3.05) is 0 Å². The third-order valence-electron chi connectivity index (χ3n) is 2.86. The van der Waals surface area contributed by atoms with Crippen molar-refractivity contribution >= 4 is 32.9 Å². The molecule has 0 aliphatic carbocycles. The number of fused-ring (bicyclic) bond motifs is 1. The lowest BCUT2D eigenvalue weighted by molar-refractivity contribution is 1.09. The lowest BCUT2D eigenvalue weighted by atomic mass is 10.3. The van der Waals surface area contributed by atoms with Gasteiger partial charge in [-0.05, 0) is 52.9 Å². The zero-order valence-electron chi connectivity index (χ0n) is 9.57. The van der Waals surface area contributed by atoms with E-state index in [1.54, 1.807) is 11.3 Å². The molecule has 0 N–H and O–H groups in total. The van der Waals surface area contributed by atoms with Crippen LogP contribution in [0.4, 0.5) is 0 Å². The van der Waals surface area contributed by atoms with Crippen LogP contribution in [0.3, 0.4) is 0 Å². The second-order valence-corrected chi connectivity index (χ2v) is 5.92. The van der Waals surface area contributed by atoms with Crippen LogP contribution >= 0.6 is 27.3 Å². The summed E-state index contributed by atoms with van der Waals surface area (Å²) >= 11 is 5.26. The van der Waals surface area contributed by atoms with Gasteiger partial charge in [0.15, 0.2) is 0 Å². The summed E-state index contributed by atoms with van der Waals surface area (Å²) in [6, 6.07) is 6.27. The van der Waals surface area contributed by atoms with Gasteiger partial charge in [0.25, 0.3) is 0 Å². The van der Waals surface area contributed by atoms with E-state index in [0.717, 1.165) is 15.8 Å². The number of nitrogens with zero attached hydrogens (tertiary/aromatic N) is 2. The second-order valence-electron chi connectivity index (χ2n) is 4.06. The summed E-state index contributed by atoms with van der Waals surface area (Å²) < 4.78 is 3.23. The minimum Gasteiger partial charge on any atom is -0.302 e. The van der Waals surface area contributed by atoms with E-state index in [2.05, 4.69) is 64.0 Å². The molecule has 0 spiro atoms. The first kappa shape index (κ1) is 11.0. The van der Waals surface area contributed by atoms with Crippen LogP contribution in [-0.4, -0.2) is 9.38 Å². The average molecular weight is 307 g/mol. The number of aromatic nitrogens is 2. The van der Waals surface area contributed by atoms with Gasteiger partial charge in [0.2, 0.25) is 0 Å². The molecule has 0 aromatic carbocycles. The van der Waals surface area contributed by atoms with Gasteiger partial charge in [0, 0.05) is 16.4 Å². The largest absolute Gasteiger partial charge is 0.302 e. The highest BCUT2D eigenvalue weighted by Gasteiger charge is 2.12. The van der Waals surface area contributed by atoms with Crippen molar-refractivity contribution in [1.82, 2.24) is 9.38 Å². The van der Waals surface area contributed by atoms with Crippen molar-refractivity contribution in [3.05, 3.63) is 45.5 Å². The molecule has 0 unspecified atom stereocenters. The van der Waals surface area contributed by atoms with Crippen molar-refractivity contribution in [3.63, 3.8) is 0 Å². The van der Waals surface area contributed by atoms with Crippen molar-refractivity contribution in [2.24, 2.45) is 0 Å². The van der Waals surface area contributed by atoms with Gasteiger partial charge in [0.05, 0.1) is 4.88 Å². The van der Waals surface area contributed by atoms with E-state index in [0.29, 0.717) is 0 Å². The lowest BCUT2D eigenvalue weighted by Crippen LogP contribution is -1.89. The average Bonchev–Trinajstić information content (AvgIpc) is 2.87. The highest BCUT2D eigenvalue weighted by atomic mass is 79.9. The van der Waals surface area contributed by atoms with Crippen LogP contribution in [0.2, 0.25) is 0 Å². The molecule has 3 aromatic rings. The Bertz CT molecular complexity index is 683. The van der Waals surface area contributed by atoms with Crippen LogP contribution in [0.5, 0.6) is 0 Å². The molecule has 0 fully saturated rings. The monoisotopic (exact) mass is 306 g/mol. The van der Waals surface area contributed by atoms with Gasteiger partial charge >= 0.3 is 0 Å². The summed E-state index contributed by atoms with van der Waals surface area (Å²) in [5, 5.41) is 2.08. The fourth-order valence-corrected chi connectivity index (χ4v) is 3.34. The Kier molecular flexibility index (Phi) is 2.56. The Hall–Kier alpha value is -1.13. The maximum absolute atomic E-state index is 4.75. The van der Waals surface area contributed by atoms with Crippen LogP contribution in [0, 0.1) is 13.8 Å². The van der Waals surface area contributed by atoms with E-state index in [9.17, 15) is 0 Å². The predicted molar refractivity (Wildman–Crippen MR) is 75.7 cm³/mol. The molecule has 2 nitrogen and oxygen atoms in total. The Balaban J connectivity index is 2.36. The standard InChI is InChI=1S/C13H11BrN2S/c1-8-6-10(14)7-16-9(2)12(15-13(8)16)11-4-3-5-17-11/h3-7H,1-2H3. The molecule has 17 heavy (non-hydrogen) atoms. The fourth-order valence-electron chi connectivity index (χ4n) is 2.03. The minimum absolute atomic E-state index is 1.04. The number of rotatable bonds is 1. The summed E-state index contributed by atoms with van der Waals surface area (Å²) in [6.07, 6.45) is 2.07. The van der Waals surface area contributed by atoms with E-state index in [1.165, 1.54) is 16.1 Å². The second kappa shape index (κ2) is 3.96. The van der Waals surface area contributed by atoms with E-state index in [4.69, 9.17) is 4.98 Å². The molecule has 0 aliphatic rings. The van der Waals surface area contributed by atoms with Gasteiger partial charge in [0.1, 0.15) is 11.3 Å². The Labute approximate surface area is 112 Å². The first-order chi connectivity index (χ1) is 8.16. The first-order valence-corrected chi connectivity index (χ1v) is 7.03. The molecule has 0 aliphatic heterocycles. The highest BCUT2D eigenvalue weighted by molar-refractivity contribution is 9.10. The van der Waals surface area contributed by atoms with Gasteiger partial charge in [-0.15, -0.1) is 11.3 Å². The molecule has 3 aromatic heterocycles. The van der Waals surface area contributed by atoms with Crippen molar-refractivity contribution in [1.29, 1.82) is 0 Å². The number of hydrogen-bond acceptors (Lipinski definition) is 2. The van der Waals surface area contributed by atoms with Crippen LogP contribution in [0.15, 0.2) is 34.2 Å². The summed E-state index contributed by atoms with van der Waals surface area (Å²) in [4.78, 5) is 5.97. The SMILES string of the molecule is Cc1cc(Br)cn2c(C)c(-c3cccs3)nc12. The quantitative estimate of drug-likeness (QED) is 0.649. The van der Waals surface area contributed by atoms with Gasteiger partial charge in [-0.25, -0.2) is 4.98 Å². The van der Waals surface area contributed by atoms with E-state index >= 15 is 0 Å². The Morgan fingerprint density at radius 3 is 2.88 bits per heavy atom. The molecule has 0 radical (unpaired) electrons. The highest BCUT2D eigenvalue weighted by Crippen LogP contribution is 2.29. The lowest BCUT2D eigenvalue weighted by Gasteiger charge is -2.00. The van der Waals surface area contributed by atoms with Gasteiger partial charge in [-0.1, -0.05) is 6.07 Å². The molecule has 0 bridgehead atoms. The first-order valence-electron chi connectivity index (χ1n) is 5.35. The molecule has 0 saturated heterocycles. The molecule has 4 heteroatoms. The van der Waals surface area contributed by atoms with Crippen LogP contribution in [0.1, 0.15) is 11.3 Å². The molecule has 86 valence electrons. The molecule has 3 heterocycles. The zero-order valence-corrected chi connectivity index (χ0v) is 12.0. The topological polar surface area (TPSA) is 17.3 Å². The van der Waals surface area contributed by atoms with E-state index in [1.807, 2.05) is 0 Å². The molecule has 0 atom stereocenters. The van der Waals surface area contributed by atoms with E-state index < -0.39 is 0 Å². The number of thiophene rings is 1. The Morgan fingerprint density at radius 1 is 1.35 bits per heavy atom. The summed E-state index contributed by atoms with van der Waals surface area (Å²) in [5.41, 5.74) is 4.49.